The summed E-state index contributed by atoms with van der Waals surface area (Å²) in [5.74, 6) is 0.896. The first kappa shape index (κ1) is 15.7. The first-order valence-corrected chi connectivity index (χ1v) is 7.64. The molecule has 1 heterocycles. The molecule has 0 N–H and O–H groups in total. The zero-order valence-electron chi connectivity index (χ0n) is 13.2. The van der Waals surface area contributed by atoms with Crippen LogP contribution in [0.3, 0.4) is 0 Å². The van der Waals surface area contributed by atoms with Crippen molar-refractivity contribution in [3.63, 3.8) is 0 Å². The Morgan fingerprint density at radius 2 is 1.86 bits per heavy atom. The van der Waals surface area contributed by atoms with E-state index in [2.05, 4.69) is 0 Å². The Bertz CT molecular complexity index is 453. The van der Waals surface area contributed by atoms with Gasteiger partial charge < -0.3 is 14.4 Å². The van der Waals surface area contributed by atoms with Crippen molar-refractivity contribution in [3.8, 4) is 5.75 Å². The smallest absolute Gasteiger partial charge is 0.410 e. The van der Waals surface area contributed by atoms with Crippen LogP contribution in [0.2, 0.25) is 0 Å². The quantitative estimate of drug-likeness (QED) is 0.830. The third-order valence-electron chi connectivity index (χ3n) is 3.37. The molecule has 0 aliphatic carbocycles. The molecule has 1 atom stereocenters. The van der Waals surface area contributed by atoms with Gasteiger partial charge in [0.05, 0.1) is 0 Å². The Morgan fingerprint density at radius 1 is 1.14 bits per heavy atom. The van der Waals surface area contributed by atoms with Gasteiger partial charge in [-0.3, -0.25) is 0 Å². The van der Waals surface area contributed by atoms with Crippen LogP contribution in [0, 0.1) is 0 Å². The number of hydrogen-bond donors (Lipinski definition) is 0. The normalized spacial score (nSPS) is 19.8. The lowest BCUT2D eigenvalue weighted by atomic mass is 10.1. The predicted octanol–water partition coefficient (Wildman–Crippen LogP) is 3.86. The van der Waals surface area contributed by atoms with E-state index < -0.39 is 5.60 Å². The maximum Gasteiger partial charge on any atom is 0.410 e. The highest BCUT2D eigenvalue weighted by molar-refractivity contribution is 5.68. The van der Waals surface area contributed by atoms with Gasteiger partial charge in [0, 0.05) is 19.5 Å². The van der Waals surface area contributed by atoms with E-state index in [0.717, 1.165) is 31.6 Å². The fraction of sp³-hybridized carbons (Fsp3) is 0.588. The van der Waals surface area contributed by atoms with E-state index in [9.17, 15) is 4.79 Å². The molecule has 0 aromatic heterocycles. The second-order valence-corrected chi connectivity index (χ2v) is 6.45. The molecule has 1 aliphatic heterocycles. The van der Waals surface area contributed by atoms with Crippen molar-refractivity contribution >= 4 is 6.09 Å². The molecular weight excluding hydrogens is 266 g/mol. The fourth-order valence-electron chi connectivity index (χ4n) is 2.38. The summed E-state index contributed by atoms with van der Waals surface area (Å²) in [5.41, 5.74) is -0.441. The lowest BCUT2D eigenvalue weighted by molar-refractivity contribution is 0.0252. The molecule has 0 bridgehead atoms. The highest BCUT2D eigenvalue weighted by Crippen LogP contribution is 2.20. The first-order valence-electron chi connectivity index (χ1n) is 7.64. The number of likely N-dealkylation sites (tertiary alicyclic amines) is 1. The summed E-state index contributed by atoms with van der Waals surface area (Å²) < 4.78 is 11.4. The fourth-order valence-corrected chi connectivity index (χ4v) is 2.38. The topological polar surface area (TPSA) is 38.8 Å². The van der Waals surface area contributed by atoms with Crippen LogP contribution in [0.4, 0.5) is 4.79 Å². The minimum absolute atomic E-state index is 0.167. The zero-order valence-corrected chi connectivity index (χ0v) is 13.2. The van der Waals surface area contributed by atoms with Gasteiger partial charge in [0.1, 0.15) is 17.5 Å². The summed E-state index contributed by atoms with van der Waals surface area (Å²) in [4.78, 5) is 13.9. The largest absolute Gasteiger partial charge is 0.490 e. The maximum atomic E-state index is 12.1. The van der Waals surface area contributed by atoms with Crippen molar-refractivity contribution < 1.29 is 14.3 Å². The van der Waals surface area contributed by atoms with Crippen LogP contribution in [0.25, 0.3) is 0 Å². The number of carbonyl (C=O) groups excluding carboxylic acids is 1. The molecule has 1 aromatic carbocycles. The summed E-state index contributed by atoms with van der Waals surface area (Å²) >= 11 is 0. The number of nitrogens with zero attached hydrogens (tertiary/aromatic N) is 1. The monoisotopic (exact) mass is 291 g/mol. The number of rotatable bonds is 2. The average Bonchev–Trinajstić information content (AvgIpc) is 2.64. The van der Waals surface area contributed by atoms with E-state index in [-0.39, 0.29) is 12.2 Å². The molecule has 21 heavy (non-hydrogen) atoms. The van der Waals surface area contributed by atoms with Crippen molar-refractivity contribution in [3.05, 3.63) is 30.3 Å². The average molecular weight is 291 g/mol. The van der Waals surface area contributed by atoms with Crippen LogP contribution in [0.5, 0.6) is 5.75 Å². The van der Waals surface area contributed by atoms with Crippen LogP contribution in [0.1, 0.15) is 40.0 Å². The lowest BCUT2D eigenvalue weighted by Crippen LogP contribution is -2.37. The van der Waals surface area contributed by atoms with Crippen molar-refractivity contribution in [1.82, 2.24) is 4.90 Å². The summed E-state index contributed by atoms with van der Waals surface area (Å²) in [5, 5.41) is 0. The van der Waals surface area contributed by atoms with Crippen molar-refractivity contribution in [2.75, 3.05) is 13.1 Å². The molecule has 1 aliphatic rings. The van der Waals surface area contributed by atoms with Gasteiger partial charge >= 0.3 is 6.09 Å². The molecule has 1 amide bonds. The summed E-state index contributed by atoms with van der Waals surface area (Å²) in [6.07, 6.45) is 2.70. The molecule has 0 radical (unpaired) electrons. The van der Waals surface area contributed by atoms with Gasteiger partial charge in [0.25, 0.3) is 0 Å². The third-order valence-corrected chi connectivity index (χ3v) is 3.37. The van der Waals surface area contributed by atoms with Crippen LogP contribution in [-0.4, -0.2) is 35.8 Å². The molecule has 1 fully saturated rings. The number of ether oxygens (including phenoxy) is 2. The highest BCUT2D eigenvalue weighted by atomic mass is 16.6. The van der Waals surface area contributed by atoms with Crippen LogP contribution < -0.4 is 4.74 Å². The Kier molecular flexibility index (Phi) is 5.10. The van der Waals surface area contributed by atoms with E-state index in [1.807, 2.05) is 51.1 Å². The van der Waals surface area contributed by atoms with E-state index in [1.54, 1.807) is 4.90 Å². The minimum Gasteiger partial charge on any atom is -0.490 e. The van der Waals surface area contributed by atoms with Gasteiger partial charge in [-0.05, 0) is 45.7 Å². The molecular formula is C17H25NO3. The van der Waals surface area contributed by atoms with Crippen LogP contribution >= 0.6 is 0 Å². The molecule has 0 spiro atoms. The summed E-state index contributed by atoms with van der Waals surface area (Å²) in [6, 6.07) is 9.86. The number of benzene rings is 1. The predicted molar refractivity (Wildman–Crippen MR) is 82.5 cm³/mol. The van der Waals surface area contributed by atoms with Gasteiger partial charge in [-0.15, -0.1) is 0 Å². The zero-order chi connectivity index (χ0) is 15.3. The van der Waals surface area contributed by atoms with Crippen molar-refractivity contribution in [2.45, 2.75) is 51.7 Å². The van der Waals surface area contributed by atoms with E-state index >= 15 is 0 Å². The maximum absolute atomic E-state index is 12.1. The molecule has 4 heteroatoms. The lowest BCUT2D eigenvalue weighted by Gasteiger charge is -2.26. The summed E-state index contributed by atoms with van der Waals surface area (Å²) in [6.45, 7) is 7.11. The number of amides is 1. The minimum atomic E-state index is -0.441. The first-order chi connectivity index (χ1) is 9.94. The van der Waals surface area contributed by atoms with Gasteiger partial charge in [0.2, 0.25) is 0 Å². The van der Waals surface area contributed by atoms with Gasteiger partial charge in [-0.1, -0.05) is 18.2 Å². The van der Waals surface area contributed by atoms with Crippen LogP contribution in [-0.2, 0) is 4.74 Å². The van der Waals surface area contributed by atoms with E-state index in [4.69, 9.17) is 9.47 Å². The summed E-state index contributed by atoms with van der Waals surface area (Å²) in [7, 11) is 0. The molecule has 0 saturated carbocycles. The Labute approximate surface area is 127 Å². The van der Waals surface area contributed by atoms with Gasteiger partial charge in [-0.2, -0.15) is 0 Å². The molecule has 1 aromatic rings. The Hall–Kier alpha value is -1.71. The second kappa shape index (κ2) is 6.83. The molecule has 2 rings (SSSR count). The number of carbonyl (C=O) groups is 1. The van der Waals surface area contributed by atoms with Gasteiger partial charge in [-0.25, -0.2) is 4.79 Å². The Balaban J connectivity index is 1.86. The van der Waals surface area contributed by atoms with Gasteiger partial charge in [0.15, 0.2) is 0 Å². The molecule has 116 valence electrons. The molecule has 1 unspecified atom stereocenters. The van der Waals surface area contributed by atoms with Crippen LogP contribution in [0.15, 0.2) is 30.3 Å². The second-order valence-electron chi connectivity index (χ2n) is 6.45. The third kappa shape index (κ3) is 5.29. The van der Waals surface area contributed by atoms with Crippen molar-refractivity contribution in [2.24, 2.45) is 0 Å². The number of hydrogen-bond acceptors (Lipinski definition) is 3. The van der Waals surface area contributed by atoms with Crippen molar-refractivity contribution in [1.29, 1.82) is 0 Å². The van der Waals surface area contributed by atoms with E-state index in [0.29, 0.717) is 6.54 Å². The molecule has 1 saturated heterocycles. The highest BCUT2D eigenvalue weighted by Gasteiger charge is 2.25. The Morgan fingerprint density at radius 3 is 2.52 bits per heavy atom. The van der Waals surface area contributed by atoms with E-state index in [1.165, 1.54) is 0 Å². The SMILES string of the molecule is CC(C)(C)OC(=O)N1CCCC(Oc2ccccc2)CC1. The standard InChI is InChI=1S/C17H25NO3/c1-17(2,3)21-16(19)18-12-7-10-15(11-13-18)20-14-8-5-4-6-9-14/h4-6,8-9,15H,7,10-13H2,1-3H3. The number of para-hydroxylation sites is 1. The molecule has 4 nitrogen and oxygen atoms in total.